The Kier molecular flexibility index (Phi) is 6.32. The predicted molar refractivity (Wildman–Crippen MR) is 118 cm³/mol. The molecule has 0 saturated carbocycles. The number of nitrogens with one attached hydrogen (secondary N) is 1. The number of hydrogen-bond acceptors (Lipinski definition) is 8. The van der Waals surface area contributed by atoms with Crippen LogP contribution in [0.5, 0.6) is 0 Å². The van der Waals surface area contributed by atoms with E-state index in [1.54, 1.807) is 32.9 Å². The molecule has 1 N–H and O–H groups in total. The van der Waals surface area contributed by atoms with E-state index in [1.165, 1.54) is 17.6 Å². The molecule has 3 atom stereocenters. The molecule has 1 aliphatic carbocycles. The number of thiophene rings is 1. The Balaban J connectivity index is 1.85. The standard InChI is InChI=1S/C24H25NO6S/c1-4-29-23(27)18-13(3)25-16-11-15(17-7-6-9-31-17)20(24(28)30-5-2)22(26)21(16)19(18)14-8-10-32-12-14/h6-10,12,15,19-20,25H,4-5,11H2,1-3H3/t15-,19-,20+/m0/s1. The summed E-state index contributed by atoms with van der Waals surface area (Å²) < 4.78 is 16.2. The molecular weight excluding hydrogens is 430 g/mol. The van der Waals surface area contributed by atoms with Crippen molar-refractivity contribution in [3.8, 4) is 0 Å². The van der Waals surface area contributed by atoms with Crippen molar-refractivity contribution in [3.63, 3.8) is 0 Å². The van der Waals surface area contributed by atoms with Crippen molar-refractivity contribution in [2.24, 2.45) is 5.92 Å². The van der Waals surface area contributed by atoms with Gasteiger partial charge in [-0.15, -0.1) is 0 Å². The molecule has 4 rings (SSSR count). The summed E-state index contributed by atoms with van der Waals surface area (Å²) in [5, 5.41) is 7.08. The van der Waals surface area contributed by atoms with Crippen LogP contribution in [0.2, 0.25) is 0 Å². The highest BCUT2D eigenvalue weighted by atomic mass is 32.1. The number of carbonyl (C=O) groups excluding carboxylic acids is 3. The first-order chi connectivity index (χ1) is 15.5. The summed E-state index contributed by atoms with van der Waals surface area (Å²) in [4.78, 5) is 39.8. The monoisotopic (exact) mass is 455 g/mol. The van der Waals surface area contributed by atoms with Gasteiger partial charge in [-0.05, 0) is 61.7 Å². The van der Waals surface area contributed by atoms with Crippen LogP contribution in [-0.4, -0.2) is 30.9 Å². The van der Waals surface area contributed by atoms with E-state index in [9.17, 15) is 14.4 Å². The molecule has 2 aromatic rings. The van der Waals surface area contributed by atoms with Gasteiger partial charge >= 0.3 is 11.9 Å². The van der Waals surface area contributed by atoms with E-state index in [0.29, 0.717) is 34.7 Å². The molecule has 2 aromatic heterocycles. The Labute approximate surface area is 190 Å². The Morgan fingerprint density at radius 1 is 1.22 bits per heavy atom. The highest BCUT2D eigenvalue weighted by Crippen LogP contribution is 2.48. The second-order valence-electron chi connectivity index (χ2n) is 7.69. The third-order valence-electron chi connectivity index (χ3n) is 5.84. The molecule has 0 spiro atoms. The second kappa shape index (κ2) is 9.16. The topological polar surface area (TPSA) is 94.8 Å². The van der Waals surface area contributed by atoms with Crippen LogP contribution >= 0.6 is 11.3 Å². The number of esters is 2. The van der Waals surface area contributed by atoms with Crippen LogP contribution in [0.15, 0.2) is 62.2 Å². The Bertz CT molecular complexity index is 1080. The quantitative estimate of drug-likeness (QED) is 0.519. The van der Waals surface area contributed by atoms with Crippen LogP contribution in [-0.2, 0) is 23.9 Å². The molecule has 0 saturated heterocycles. The minimum Gasteiger partial charge on any atom is -0.469 e. The van der Waals surface area contributed by atoms with Crippen LogP contribution in [0, 0.1) is 5.92 Å². The highest BCUT2D eigenvalue weighted by molar-refractivity contribution is 7.08. The molecule has 32 heavy (non-hydrogen) atoms. The van der Waals surface area contributed by atoms with Gasteiger partial charge in [-0.2, -0.15) is 11.3 Å². The fraction of sp³-hybridized carbons (Fsp3) is 0.375. The van der Waals surface area contributed by atoms with E-state index in [4.69, 9.17) is 13.9 Å². The van der Waals surface area contributed by atoms with Crippen molar-refractivity contribution in [2.45, 2.75) is 39.0 Å². The molecule has 1 aliphatic heterocycles. The normalized spacial score (nSPS) is 23.0. The summed E-state index contributed by atoms with van der Waals surface area (Å²) in [5.41, 5.74) is 2.95. The number of rotatable bonds is 6. The van der Waals surface area contributed by atoms with Gasteiger partial charge in [0.1, 0.15) is 11.7 Å². The van der Waals surface area contributed by atoms with Gasteiger partial charge in [-0.25, -0.2) is 4.79 Å². The number of carbonyl (C=O) groups is 3. The molecule has 0 radical (unpaired) electrons. The maximum Gasteiger partial charge on any atom is 0.336 e. The maximum atomic E-state index is 13.9. The lowest BCUT2D eigenvalue weighted by Crippen LogP contribution is -2.43. The predicted octanol–water partition coefficient (Wildman–Crippen LogP) is 4.06. The SMILES string of the molecule is CCOC(=O)C1=C(C)NC2=C(C(=O)[C@H](C(=O)OCC)[C@H](c3ccco3)C2)[C@H]1c1ccsc1. The summed E-state index contributed by atoms with van der Waals surface area (Å²) in [6, 6.07) is 5.39. The van der Waals surface area contributed by atoms with Crippen molar-refractivity contribution in [3.05, 3.63) is 69.1 Å². The first kappa shape index (κ1) is 22.1. The summed E-state index contributed by atoms with van der Waals surface area (Å²) in [5.74, 6) is -3.03. The van der Waals surface area contributed by atoms with Crippen molar-refractivity contribution < 1.29 is 28.3 Å². The smallest absolute Gasteiger partial charge is 0.336 e. The number of allylic oxidation sites excluding steroid dienone is 3. The Morgan fingerprint density at radius 2 is 2.00 bits per heavy atom. The van der Waals surface area contributed by atoms with Crippen LogP contribution in [0.3, 0.4) is 0 Å². The van der Waals surface area contributed by atoms with Gasteiger partial charge in [0, 0.05) is 28.8 Å². The average Bonchev–Trinajstić information content (AvgIpc) is 3.47. The van der Waals surface area contributed by atoms with Crippen LogP contribution in [0.4, 0.5) is 0 Å². The van der Waals surface area contributed by atoms with Gasteiger partial charge < -0.3 is 19.2 Å². The van der Waals surface area contributed by atoms with E-state index >= 15 is 0 Å². The largest absolute Gasteiger partial charge is 0.469 e. The maximum absolute atomic E-state index is 13.9. The lowest BCUT2D eigenvalue weighted by atomic mass is 9.68. The van der Waals surface area contributed by atoms with Gasteiger partial charge in [-0.1, -0.05) is 0 Å². The molecule has 0 bridgehead atoms. The molecule has 3 heterocycles. The zero-order valence-electron chi connectivity index (χ0n) is 18.2. The third-order valence-corrected chi connectivity index (χ3v) is 6.54. The zero-order valence-corrected chi connectivity index (χ0v) is 19.0. The molecule has 168 valence electrons. The molecule has 0 aromatic carbocycles. The van der Waals surface area contributed by atoms with E-state index in [0.717, 1.165) is 5.56 Å². The fourth-order valence-corrected chi connectivity index (χ4v) is 5.24. The lowest BCUT2D eigenvalue weighted by Gasteiger charge is -2.38. The first-order valence-corrected chi connectivity index (χ1v) is 11.6. The molecule has 8 heteroatoms. The van der Waals surface area contributed by atoms with Crippen molar-refractivity contribution in [2.75, 3.05) is 13.2 Å². The number of Topliss-reactive ketones (excluding diaryl/α,β-unsaturated/α-hetero) is 1. The van der Waals surface area contributed by atoms with Gasteiger partial charge in [0.05, 0.1) is 25.1 Å². The second-order valence-corrected chi connectivity index (χ2v) is 8.47. The number of ketones is 1. The van der Waals surface area contributed by atoms with Gasteiger partial charge in [0.15, 0.2) is 5.78 Å². The number of hydrogen-bond donors (Lipinski definition) is 1. The highest BCUT2D eigenvalue weighted by Gasteiger charge is 2.49. The lowest BCUT2D eigenvalue weighted by molar-refractivity contribution is -0.152. The van der Waals surface area contributed by atoms with E-state index in [-0.39, 0.29) is 19.0 Å². The molecular formula is C24H25NO6S. The van der Waals surface area contributed by atoms with Crippen molar-refractivity contribution >= 4 is 29.1 Å². The Morgan fingerprint density at radius 3 is 2.62 bits per heavy atom. The van der Waals surface area contributed by atoms with Crippen molar-refractivity contribution in [1.82, 2.24) is 5.32 Å². The molecule has 0 fully saturated rings. The molecule has 7 nitrogen and oxygen atoms in total. The number of ether oxygens (including phenoxy) is 2. The summed E-state index contributed by atoms with van der Waals surface area (Å²) in [6.45, 7) is 5.64. The van der Waals surface area contributed by atoms with Crippen molar-refractivity contribution in [1.29, 1.82) is 0 Å². The Hall–Kier alpha value is -3.13. The van der Waals surface area contributed by atoms with E-state index < -0.39 is 29.7 Å². The molecule has 0 amide bonds. The van der Waals surface area contributed by atoms with E-state index in [2.05, 4.69) is 5.32 Å². The first-order valence-electron chi connectivity index (χ1n) is 10.6. The van der Waals surface area contributed by atoms with Crippen LogP contribution in [0.1, 0.15) is 50.4 Å². The minimum atomic E-state index is -1.05. The molecule has 2 aliphatic rings. The summed E-state index contributed by atoms with van der Waals surface area (Å²) in [6.07, 6.45) is 1.91. The number of dihydropyridines is 1. The summed E-state index contributed by atoms with van der Waals surface area (Å²) in [7, 11) is 0. The minimum absolute atomic E-state index is 0.165. The van der Waals surface area contributed by atoms with Crippen LogP contribution < -0.4 is 5.32 Å². The van der Waals surface area contributed by atoms with Gasteiger partial charge in [0.25, 0.3) is 0 Å². The third kappa shape index (κ3) is 3.79. The fourth-order valence-electron chi connectivity index (χ4n) is 4.56. The van der Waals surface area contributed by atoms with Gasteiger partial charge in [-0.3, -0.25) is 9.59 Å². The van der Waals surface area contributed by atoms with Gasteiger partial charge in [0.2, 0.25) is 0 Å². The summed E-state index contributed by atoms with van der Waals surface area (Å²) >= 11 is 1.48. The number of furan rings is 1. The average molecular weight is 456 g/mol. The van der Waals surface area contributed by atoms with Crippen LogP contribution in [0.25, 0.3) is 0 Å². The zero-order chi connectivity index (χ0) is 22.8. The molecule has 0 unspecified atom stereocenters. The van der Waals surface area contributed by atoms with E-state index in [1.807, 2.05) is 16.8 Å².